The van der Waals surface area contributed by atoms with E-state index in [-0.39, 0.29) is 0 Å². The Hall–Kier alpha value is -2.74. The number of halogens is 1. The summed E-state index contributed by atoms with van der Waals surface area (Å²) < 4.78 is 29.5. The van der Waals surface area contributed by atoms with Gasteiger partial charge in [0, 0.05) is 51.4 Å². The van der Waals surface area contributed by atoms with E-state index in [9.17, 15) is 0 Å². The van der Waals surface area contributed by atoms with E-state index in [2.05, 4.69) is 52.6 Å². The van der Waals surface area contributed by atoms with Gasteiger partial charge in [-0.3, -0.25) is 9.47 Å². The molecular weight excluding hydrogens is 467 g/mol. The first-order chi connectivity index (χ1) is 18.0. The summed E-state index contributed by atoms with van der Waals surface area (Å²) in [4.78, 5) is 9.62. The molecule has 2 fully saturated rings. The second kappa shape index (κ2) is 10.2. The van der Waals surface area contributed by atoms with Gasteiger partial charge in [-0.1, -0.05) is 30.3 Å². The van der Waals surface area contributed by atoms with Crippen LogP contribution in [0.3, 0.4) is 0 Å². The van der Waals surface area contributed by atoms with Gasteiger partial charge in [0.1, 0.15) is 18.0 Å². The van der Waals surface area contributed by atoms with Crippen molar-refractivity contribution in [2.75, 3.05) is 45.9 Å². The molecule has 0 unspecified atom stereocenters. The lowest BCUT2D eigenvalue weighted by Crippen LogP contribution is -2.43. The van der Waals surface area contributed by atoms with E-state index in [1.807, 2.05) is 24.3 Å². The minimum atomic E-state index is -1.24. The molecule has 4 heterocycles. The van der Waals surface area contributed by atoms with Crippen LogP contribution in [0.4, 0.5) is 4.39 Å². The molecule has 196 valence electrons. The summed E-state index contributed by atoms with van der Waals surface area (Å²) >= 11 is 0. The van der Waals surface area contributed by atoms with Crippen molar-refractivity contribution < 1.29 is 13.9 Å². The van der Waals surface area contributed by atoms with Crippen LogP contribution in [0.25, 0.3) is 16.8 Å². The lowest BCUT2D eigenvalue weighted by atomic mass is 9.85. The van der Waals surface area contributed by atoms with Gasteiger partial charge in [-0.05, 0) is 55.5 Å². The normalized spacial score (nSPS) is 19.9. The van der Waals surface area contributed by atoms with Gasteiger partial charge in [-0.2, -0.15) is 0 Å². The molecule has 0 N–H and O–H groups in total. The number of piperidine rings is 1. The van der Waals surface area contributed by atoms with Crippen molar-refractivity contribution in [3.8, 4) is 22.6 Å². The Balaban J connectivity index is 1.15. The molecule has 0 spiro atoms. The van der Waals surface area contributed by atoms with Gasteiger partial charge in [0.25, 0.3) is 0 Å². The summed E-state index contributed by atoms with van der Waals surface area (Å²) in [6.07, 6.45) is 4.18. The molecule has 3 aliphatic heterocycles. The largest absolute Gasteiger partial charge is 0.483 e. The molecule has 3 aliphatic rings. The third-order valence-corrected chi connectivity index (χ3v) is 8.25. The number of aromatic nitrogens is 2. The number of rotatable bonds is 6. The summed E-state index contributed by atoms with van der Waals surface area (Å²) in [5.41, 5.74) is 3.81. The lowest BCUT2D eigenvalue weighted by molar-refractivity contribution is 0.0383. The van der Waals surface area contributed by atoms with Crippen molar-refractivity contribution in [1.82, 2.24) is 19.4 Å². The molecule has 0 bridgehead atoms. The highest BCUT2D eigenvalue weighted by Gasteiger charge is 2.36. The number of hydrogen-bond acceptors (Lipinski definition) is 5. The van der Waals surface area contributed by atoms with Crippen LogP contribution in [-0.4, -0.2) is 71.3 Å². The first-order valence-electron chi connectivity index (χ1n) is 13.7. The minimum absolute atomic E-state index is 0.463. The molecule has 2 aromatic carbocycles. The van der Waals surface area contributed by atoms with E-state index >= 15 is 4.39 Å². The number of imidazole rings is 1. The molecule has 7 heteroatoms. The Bertz CT molecular complexity index is 1220. The van der Waals surface area contributed by atoms with Gasteiger partial charge in [0.2, 0.25) is 0 Å². The highest BCUT2D eigenvalue weighted by molar-refractivity contribution is 5.69. The number of nitrogens with zero attached hydrogens (tertiary/aromatic N) is 4. The zero-order chi connectivity index (χ0) is 25.4. The molecule has 37 heavy (non-hydrogen) atoms. The number of benzene rings is 2. The van der Waals surface area contributed by atoms with Gasteiger partial charge < -0.3 is 14.4 Å². The van der Waals surface area contributed by atoms with Crippen LogP contribution in [0.2, 0.25) is 0 Å². The topological polar surface area (TPSA) is 42.8 Å². The molecule has 6 rings (SSSR count). The van der Waals surface area contributed by atoms with Crippen LogP contribution in [0.5, 0.6) is 5.75 Å². The van der Waals surface area contributed by atoms with E-state index in [4.69, 9.17) is 14.5 Å². The highest BCUT2D eigenvalue weighted by atomic mass is 19.1. The Morgan fingerprint density at radius 3 is 2.43 bits per heavy atom. The molecule has 1 aromatic heterocycles. The van der Waals surface area contributed by atoms with Crippen LogP contribution in [0.1, 0.15) is 43.8 Å². The fourth-order valence-corrected chi connectivity index (χ4v) is 5.80. The predicted molar refractivity (Wildman–Crippen MR) is 143 cm³/mol. The van der Waals surface area contributed by atoms with Gasteiger partial charge in [-0.15, -0.1) is 0 Å². The summed E-state index contributed by atoms with van der Waals surface area (Å²) in [5, 5.41) is 0. The summed E-state index contributed by atoms with van der Waals surface area (Å²) in [5.74, 6) is 1.80. The molecule has 6 nitrogen and oxygen atoms in total. The number of hydrogen-bond donors (Lipinski definition) is 0. The maximum Gasteiger partial charge on any atom is 0.151 e. The first-order valence-corrected chi connectivity index (χ1v) is 13.7. The van der Waals surface area contributed by atoms with Gasteiger partial charge >= 0.3 is 0 Å². The Kier molecular flexibility index (Phi) is 6.78. The second-order valence-electron chi connectivity index (χ2n) is 10.9. The van der Waals surface area contributed by atoms with Crippen LogP contribution < -0.4 is 4.74 Å². The lowest BCUT2D eigenvalue weighted by Gasteiger charge is -2.38. The van der Waals surface area contributed by atoms with Gasteiger partial charge in [0.15, 0.2) is 5.82 Å². The number of fused-ring (bicyclic) bond motifs is 3. The predicted octanol–water partition coefficient (Wildman–Crippen LogP) is 4.98. The summed E-state index contributed by atoms with van der Waals surface area (Å²) in [6, 6.07) is 14.8. The smallest absolute Gasteiger partial charge is 0.151 e. The quantitative estimate of drug-likeness (QED) is 0.474. The Morgan fingerprint density at radius 2 is 1.70 bits per heavy atom. The third-order valence-electron chi connectivity index (χ3n) is 8.25. The molecule has 2 saturated heterocycles. The second-order valence-corrected chi connectivity index (χ2v) is 10.9. The number of alkyl halides is 1. The maximum absolute atomic E-state index is 15.7. The first kappa shape index (κ1) is 24.6. The summed E-state index contributed by atoms with van der Waals surface area (Å²) in [6.45, 7) is 11.1. The van der Waals surface area contributed by atoms with Crippen LogP contribution in [0, 0.1) is 0 Å². The van der Waals surface area contributed by atoms with Crippen molar-refractivity contribution in [2.45, 2.75) is 51.4 Å². The maximum atomic E-state index is 15.7. The molecule has 0 saturated carbocycles. The standard InChI is InChI=1S/C30H37FN4O2/c1-22(2)34-13-10-30(31,11-14-34)25-6-3-23(4-7-25)24-5-8-27-28(19-24)37-21-29-32-26(20-35(27)29)9-12-33-15-17-36-18-16-33/h3-8,19-20,22H,9-18,21H2,1-2H3. The highest BCUT2D eigenvalue weighted by Crippen LogP contribution is 2.39. The zero-order valence-electron chi connectivity index (χ0n) is 22.0. The van der Waals surface area contributed by atoms with Crippen molar-refractivity contribution in [2.24, 2.45) is 0 Å². The molecule has 0 radical (unpaired) electrons. The van der Waals surface area contributed by atoms with Crippen molar-refractivity contribution in [1.29, 1.82) is 0 Å². The number of morpholine rings is 1. The molecule has 0 atom stereocenters. The van der Waals surface area contributed by atoms with E-state index in [0.717, 1.165) is 92.0 Å². The van der Waals surface area contributed by atoms with Crippen LogP contribution in [-0.2, 0) is 23.4 Å². The van der Waals surface area contributed by atoms with Gasteiger partial charge in [0.05, 0.1) is 24.6 Å². The van der Waals surface area contributed by atoms with Crippen LogP contribution >= 0.6 is 0 Å². The number of likely N-dealkylation sites (tertiary alicyclic amines) is 1. The van der Waals surface area contributed by atoms with E-state index in [1.54, 1.807) is 0 Å². The van der Waals surface area contributed by atoms with Crippen molar-refractivity contribution in [3.63, 3.8) is 0 Å². The fourth-order valence-electron chi connectivity index (χ4n) is 5.80. The Labute approximate surface area is 219 Å². The molecular formula is C30H37FN4O2. The molecule has 0 aliphatic carbocycles. The van der Waals surface area contributed by atoms with Crippen molar-refractivity contribution >= 4 is 0 Å². The van der Waals surface area contributed by atoms with Crippen LogP contribution in [0.15, 0.2) is 48.7 Å². The zero-order valence-corrected chi connectivity index (χ0v) is 22.0. The molecule has 0 amide bonds. The van der Waals surface area contributed by atoms with Crippen molar-refractivity contribution in [3.05, 3.63) is 65.7 Å². The van der Waals surface area contributed by atoms with E-state index in [0.29, 0.717) is 25.5 Å². The third kappa shape index (κ3) is 5.05. The SMILES string of the molecule is CC(C)N1CCC(F)(c2ccc(-c3ccc4c(c3)OCc3nc(CCN5CCOCC5)cn3-4)cc2)CC1. The summed E-state index contributed by atoms with van der Waals surface area (Å²) in [7, 11) is 0. The Morgan fingerprint density at radius 1 is 0.973 bits per heavy atom. The fraction of sp³-hybridized carbons (Fsp3) is 0.500. The van der Waals surface area contributed by atoms with E-state index in [1.165, 1.54) is 0 Å². The number of ether oxygens (including phenoxy) is 2. The van der Waals surface area contributed by atoms with E-state index < -0.39 is 5.67 Å². The monoisotopic (exact) mass is 504 g/mol. The molecule has 3 aromatic rings. The average Bonchev–Trinajstić information content (AvgIpc) is 3.36. The van der Waals surface area contributed by atoms with Gasteiger partial charge in [-0.25, -0.2) is 9.37 Å². The minimum Gasteiger partial charge on any atom is -0.483 e. The average molecular weight is 505 g/mol.